The maximum atomic E-state index is 12.3. The lowest BCUT2D eigenvalue weighted by Gasteiger charge is -2.12. The van der Waals surface area contributed by atoms with Crippen molar-refractivity contribution in [2.75, 3.05) is 10.6 Å². The summed E-state index contributed by atoms with van der Waals surface area (Å²) in [6.07, 6.45) is 1.71. The molecule has 0 aromatic carbocycles. The summed E-state index contributed by atoms with van der Waals surface area (Å²) in [7, 11) is 0. The molecule has 3 rings (SSSR count). The van der Waals surface area contributed by atoms with Crippen LogP contribution in [0.1, 0.15) is 46.1 Å². The van der Waals surface area contributed by atoms with Crippen LogP contribution < -0.4 is 16.0 Å². The SMILES string of the molecule is CC(C)NCc1cccc(NC(=O)Nc2csc(-c3ncc(C(C)(C)C)o3)n2)n1. The Morgan fingerprint density at radius 2 is 1.93 bits per heavy atom. The van der Waals surface area contributed by atoms with Gasteiger partial charge in [-0.15, -0.1) is 11.3 Å². The standard InChI is InChI=1S/C20H26N6O2S/c1-12(2)21-9-13-7-6-8-15(23-13)25-19(27)26-16-11-29-18(24-16)17-22-10-14(28-17)20(3,4)5/h6-8,10-12,21H,9H2,1-5H3,(H2,23,25,26,27). The van der Waals surface area contributed by atoms with Crippen LogP contribution in [0.25, 0.3) is 10.9 Å². The lowest BCUT2D eigenvalue weighted by atomic mass is 9.94. The van der Waals surface area contributed by atoms with Gasteiger partial charge in [-0.1, -0.05) is 40.7 Å². The fourth-order valence-electron chi connectivity index (χ4n) is 2.37. The maximum Gasteiger partial charge on any atom is 0.326 e. The van der Waals surface area contributed by atoms with Gasteiger partial charge in [-0.2, -0.15) is 0 Å². The van der Waals surface area contributed by atoms with E-state index in [1.54, 1.807) is 17.6 Å². The predicted molar refractivity (Wildman–Crippen MR) is 115 cm³/mol. The van der Waals surface area contributed by atoms with Crippen LogP contribution in [0.2, 0.25) is 0 Å². The molecule has 3 N–H and O–H groups in total. The van der Waals surface area contributed by atoms with E-state index in [-0.39, 0.29) is 5.41 Å². The van der Waals surface area contributed by atoms with Gasteiger partial charge in [-0.25, -0.2) is 19.7 Å². The van der Waals surface area contributed by atoms with Crippen molar-refractivity contribution in [1.29, 1.82) is 0 Å². The van der Waals surface area contributed by atoms with E-state index in [1.165, 1.54) is 11.3 Å². The van der Waals surface area contributed by atoms with Crippen molar-refractivity contribution >= 4 is 29.0 Å². The number of urea groups is 1. The molecule has 3 aromatic heterocycles. The molecule has 9 heteroatoms. The highest BCUT2D eigenvalue weighted by Crippen LogP contribution is 2.30. The van der Waals surface area contributed by atoms with Crippen LogP contribution in [0.4, 0.5) is 16.4 Å². The Morgan fingerprint density at radius 3 is 2.62 bits per heavy atom. The second-order valence-corrected chi connectivity index (χ2v) is 8.80. The van der Waals surface area contributed by atoms with Gasteiger partial charge in [0.15, 0.2) is 5.01 Å². The van der Waals surface area contributed by atoms with Crippen molar-refractivity contribution < 1.29 is 9.21 Å². The van der Waals surface area contributed by atoms with Crippen molar-refractivity contribution in [3.8, 4) is 10.9 Å². The summed E-state index contributed by atoms with van der Waals surface area (Å²) in [5, 5.41) is 11.1. The normalized spacial score (nSPS) is 11.7. The van der Waals surface area contributed by atoms with E-state index in [4.69, 9.17) is 4.42 Å². The van der Waals surface area contributed by atoms with E-state index >= 15 is 0 Å². The first-order valence-electron chi connectivity index (χ1n) is 9.40. The van der Waals surface area contributed by atoms with Gasteiger partial charge in [0.05, 0.1) is 11.9 Å². The van der Waals surface area contributed by atoms with Gasteiger partial charge in [0.2, 0.25) is 0 Å². The lowest BCUT2D eigenvalue weighted by molar-refractivity contribution is 0.262. The number of amides is 2. The van der Waals surface area contributed by atoms with Crippen LogP contribution in [0.5, 0.6) is 0 Å². The molecular formula is C20H26N6O2S. The summed E-state index contributed by atoms with van der Waals surface area (Å²) in [6.45, 7) is 10.9. The van der Waals surface area contributed by atoms with Gasteiger partial charge in [0.25, 0.3) is 5.89 Å². The zero-order valence-electron chi connectivity index (χ0n) is 17.2. The predicted octanol–water partition coefficient (Wildman–Crippen LogP) is 4.63. The van der Waals surface area contributed by atoms with Crippen molar-refractivity contribution in [3.63, 3.8) is 0 Å². The molecule has 0 saturated heterocycles. The summed E-state index contributed by atoms with van der Waals surface area (Å²) < 4.78 is 5.79. The molecule has 0 saturated carbocycles. The van der Waals surface area contributed by atoms with Gasteiger partial charge in [0.1, 0.15) is 17.4 Å². The molecule has 0 unspecified atom stereocenters. The highest BCUT2D eigenvalue weighted by atomic mass is 32.1. The molecule has 0 aliphatic carbocycles. The Balaban J connectivity index is 1.61. The topological polar surface area (TPSA) is 105 Å². The summed E-state index contributed by atoms with van der Waals surface area (Å²) >= 11 is 1.35. The van der Waals surface area contributed by atoms with E-state index in [2.05, 4.69) is 65.5 Å². The van der Waals surface area contributed by atoms with E-state index in [9.17, 15) is 4.79 Å². The van der Waals surface area contributed by atoms with Gasteiger partial charge >= 0.3 is 6.03 Å². The number of carbonyl (C=O) groups excluding carboxylic acids is 1. The average molecular weight is 415 g/mol. The zero-order chi connectivity index (χ0) is 21.0. The summed E-state index contributed by atoms with van der Waals surface area (Å²) in [5.74, 6) is 2.13. The number of rotatable bonds is 6. The van der Waals surface area contributed by atoms with Crippen LogP contribution in [0.3, 0.4) is 0 Å². The van der Waals surface area contributed by atoms with E-state index in [0.717, 1.165) is 11.5 Å². The van der Waals surface area contributed by atoms with Crippen LogP contribution in [0.15, 0.2) is 34.2 Å². The molecule has 3 heterocycles. The highest BCUT2D eigenvalue weighted by molar-refractivity contribution is 7.13. The van der Waals surface area contributed by atoms with Crippen molar-refractivity contribution in [3.05, 3.63) is 41.2 Å². The molecular weight excluding hydrogens is 388 g/mol. The van der Waals surface area contributed by atoms with Gasteiger partial charge in [-0.3, -0.25) is 10.6 Å². The minimum Gasteiger partial charge on any atom is -0.439 e. The van der Waals surface area contributed by atoms with Crippen LogP contribution in [-0.4, -0.2) is 27.0 Å². The molecule has 0 fully saturated rings. The molecule has 0 aliphatic rings. The van der Waals surface area contributed by atoms with E-state index < -0.39 is 6.03 Å². The van der Waals surface area contributed by atoms with E-state index in [1.807, 2.05) is 12.1 Å². The monoisotopic (exact) mass is 414 g/mol. The second kappa shape index (κ2) is 8.71. The number of thiazole rings is 1. The quantitative estimate of drug-likeness (QED) is 0.543. The zero-order valence-corrected chi connectivity index (χ0v) is 18.1. The minimum absolute atomic E-state index is 0.129. The number of nitrogens with zero attached hydrogens (tertiary/aromatic N) is 3. The van der Waals surface area contributed by atoms with Crippen molar-refractivity contribution in [1.82, 2.24) is 20.3 Å². The number of oxazole rings is 1. The third-order valence-electron chi connectivity index (χ3n) is 3.91. The fraction of sp³-hybridized carbons (Fsp3) is 0.400. The molecule has 154 valence electrons. The number of carbonyl (C=O) groups is 1. The third kappa shape index (κ3) is 5.85. The van der Waals surface area contributed by atoms with E-state index in [0.29, 0.717) is 35.1 Å². The van der Waals surface area contributed by atoms with Crippen LogP contribution in [0, 0.1) is 0 Å². The largest absolute Gasteiger partial charge is 0.439 e. The number of hydrogen-bond donors (Lipinski definition) is 3. The summed E-state index contributed by atoms with van der Waals surface area (Å²) in [6, 6.07) is 5.46. The molecule has 3 aromatic rings. The number of pyridine rings is 1. The Hall–Kier alpha value is -2.78. The molecule has 2 amide bonds. The summed E-state index contributed by atoms with van der Waals surface area (Å²) in [4.78, 5) is 25.4. The second-order valence-electron chi connectivity index (χ2n) is 7.95. The highest BCUT2D eigenvalue weighted by Gasteiger charge is 2.21. The molecule has 0 aliphatic heterocycles. The Bertz CT molecular complexity index is 973. The van der Waals surface area contributed by atoms with Crippen molar-refractivity contribution in [2.24, 2.45) is 0 Å². The minimum atomic E-state index is -0.411. The molecule has 0 radical (unpaired) electrons. The maximum absolute atomic E-state index is 12.3. The first-order valence-corrected chi connectivity index (χ1v) is 10.3. The first kappa shape index (κ1) is 20.9. The van der Waals surface area contributed by atoms with Crippen LogP contribution >= 0.6 is 11.3 Å². The molecule has 0 atom stereocenters. The first-order chi connectivity index (χ1) is 13.7. The number of anilines is 2. The van der Waals surface area contributed by atoms with Gasteiger partial charge in [-0.05, 0) is 12.1 Å². The summed E-state index contributed by atoms with van der Waals surface area (Å²) in [5.41, 5.74) is 0.724. The number of nitrogens with one attached hydrogen (secondary N) is 3. The Labute approximate surface area is 174 Å². The molecule has 0 spiro atoms. The smallest absolute Gasteiger partial charge is 0.326 e. The van der Waals surface area contributed by atoms with Gasteiger partial charge < -0.3 is 9.73 Å². The average Bonchev–Trinajstić information content (AvgIpc) is 3.29. The van der Waals surface area contributed by atoms with Crippen LogP contribution in [-0.2, 0) is 12.0 Å². The Morgan fingerprint density at radius 1 is 1.17 bits per heavy atom. The molecule has 29 heavy (non-hydrogen) atoms. The molecule has 8 nitrogen and oxygen atoms in total. The third-order valence-corrected chi connectivity index (χ3v) is 4.74. The lowest BCUT2D eigenvalue weighted by Crippen LogP contribution is -2.23. The molecule has 0 bridgehead atoms. The van der Waals surface area contributed by atoms with Gasteiger partial charge in [0, 0.05) is 23.4 Å². The number of hydrogen-bond acceptors (Lipinski definition) is 7. The number of aromatic nitrogens is 3. The Kier molecular flexibility index (Phi) is 6.29. The fourth-order valence-corrected chi connectivity index (χ4v) is 3.05. The van der Waals surface area contributed by atoms with Crippen molar-refractivity contribution in [2.45, 2.75) is 52.6 Å².